The van der Waals surface area contributed by atoms with Gasteiger partial charge in [-0.2, -0.15) is 4.98 Å². The lowest BCUT2D eigenvalue weighted by atomic mass is 9.92. The molecule has 2 heterocycles. The Morgan fingerprint density at radius 2 is 2.18 bits per heavy atom. The first-order chi connectivity index (χ1) is 10.6. The van der Waals surface area contributed by atoms with E-state index in [1.54, 1.807) is 0 Å². The summed E-state index contributed by atoms with van der Waals surface area (Å²) < 4.78 is 4.73. The number of nitrogens with zero attached hydrogens (tertiary/aromatic N) is 3. The molecule has 116 valence electrons. The van der Waals surface area contributed by atoms with Crippen molar-refractivity contribution in [2.24, 2.45) is 11.7 Å². The van der Waals surface area contributed by atoms with Gasteiger partial charge in [0.15, 0.2) is 0 Å². The minimum Gasteiger partial charge on any atom is -0.342 e. The number of carbonyl (C=O) groups is 1. The molecule has 1 aliphatic rings. The molecule has 6 nitrogen and oxygen atoms in total. The Bertz CT molecular complexity index is 622. The largest absolute Gasteiger partial charge is 0.342 e. The number of amides is 1. The number of hydrogen-bond acceptors (Lipinski definition) is 5. The lowest BCUT2D eigenvalue weighted by Crippen LogP contribution is -2.45. The Labute approximate surface area is 129 Å². The maximum Gasteiger partial charge on any atom is 0.253 e. The van der Waals surface area contributed by atoms with Crippen LogP contribution >= 0.6 is 0 Å². The highest BCUT2D eigenvalue weighted by molar-refractivity contribution is 5.94. The van der Waals surface area contributed by atoms with Crippen molar-refractivity contribution in [2.45, 2.75) is 25.8 Å². The third-order valence-corrected chi connectivity index (χ3v) is 4.24. The molecule has 1 aromatic carbocycles. The van der Waals surface area contributed by atoms with E-state index in [1.165, 1.54) is 6.39 Å². The fourth-order valence-electron chi connectivity index (χ4n) is 2.87. The maximum absolute atomic E-state index is 12.6. The van der Waals surface area contributed by atoms with Gasteiger partial charge in [0.2, 0.25) is 12.2 Å². The molecule has 1 saturated heterocycles. The van der Waals surface area contributed by atoms with E-state index in [1.807, 2.05) is 36.1 Å². The van der Waals surface area contributed by atoms with Gasteiger partial charge < -0.3 is 15.2 Å². The Kier molecular flexibility index (Phi) is 4.20. The van der Waals surface area contributed by atoms with Crippen molar-refractivity contribution >= 4 is 5.91 Å². The van der Waals surface area contributed by atoms with Crippen LogP contribution in [0.5, 0.6) is 0 Å². The normalized spacial score (nSPS) is 19.9. The van der Waals surface area contributed by atoms with E-state index < -0.39 is 0 Å². The maximum atomic E-state index is 12.6. The predicted octanol–water partition coefficient (Wildman–Crippen LogP) is 1.94. The standard InChI is InChI=1S/C16H20N4O2/c1-11(17)14-3-2-8-20(9-14)16(21)13-6-4-12(5-7-13)15-18-10-22-19-15/h4-7,10-11,14H,2-3,8-9,17H2,1H3. The lowest BCUT2D eigenvalue weighted by molar-refractivity contribution is 0.0661. The topological polar surface area (TPSA) is 85.2 Å². The molecule has 0 aliphatic carbocycles. The summed E-state index contributed by atoms with van der Waals surface area (Å²) in [5, 5.41) is 3.78. The van der Waals surface area contributed by atoms with Gasteiger partial charge in [-0.1, -0.05) is 17.3 Å². The highest BCUT2D eigenvalue weighted by Gasteiger charge is 2.26. The average Bonchev–Trinajstić information content (AvgIpc) is 3.09. The molecule has 2 atom stereocenters. The van der Waals surface area contributed by atoms with Crippen molar-refractivity contribution < 1.29 is 9.32 Å². The fourth-order valence-corrected chi connectivity index (χ4v) is 2.87. The van der Waals surface area contributed by atoms with E-state index in [-0.39, 0.29) is 11.9 Å². The number of aromatic nitrogens is 2. The minimum absolute atomic E-state index is 0.0602. The van der Waals surface area contributed by atoms with Crippen LogP contribution < -0.4 is 5.73 Å². The molecule has 6 heteroatoms. The summed E-state index contributed by atoms with van der Waals surface area (Å²) in [5.41, 5.74) is 7.49. The van der Waals surface area contributed by atoms with Crippen LogP contribution in [0.3, 0.4) is 0 Å². The first kappa shape index (κ1) is 14.7. The van der Waals surface area contributed by atoms with E-state index >= 15 is 0 Å². The van der Waals surface area contributed by atoms with Gasteiger partial charge in [0.05, 0.1) is 0 Å². The Morgan fingerprint density at radius 3 is 2.82 bits per heavy atom. The van der Waals surface area contributed by atoms with Crippen LogP contribution in [0, 0.1) is 5.92 Å². The van der Waals surface area contributed by atoms with Crippen LogP contribution in [0.4, 0.5) is 0 Å². The quantitative estimate of drug-likeness (QED) is 0.936. The number of hydrogen-bond donors (Lipinski definition) is 1. The average molecular weight is 300 g/mol. The van der Waals surface area contributed by atoms with E-state index in [9.17, 15) is 4.79 Å². The number of carbonyl (C=O) groups excluding carboxylic acids is 1. The second kappa shape index (κ2) is 6.27. The van der Waals surface area contributed by atoms with Crippen molar-refractivity contribution in [1.82, 2.24) is 15.0 Å². The van der Waals surface area contributed by atoms with Crippen LogP contribution in [0.25, 0.3) is 11.4 Å². The van der Waals surface area contributed by atoms with Crippen molar-refractivity contribution in [1.29, 1.82) is 0 Å². The first-order valence-corrected chi connectivity index (χ1v) is 7.57. The van der Waals surface area contributed by atoms with Gasteiger partial charge in [-0.05, 0) is 37.8 Å². The highest BCUT2D eigenvalue weighted by Crippen LogP contribution is 2.21. The van der Waals surface area contributed by atoms with Gasteiger partial charge in [0, 0.05) is 30.3 Å². The molecule has 2 aromatic rings. The molecule has 0 radical (unpaired) electrons. The summed E-state index contributed by atoms with van der Waals surface area (Å²) in [5.74, 6) is 0.968. The molecule has 3 rings (SSSR count). The second-order valence-corrected chi connectivity index (χ2v) is 5.84. The van der Waals surface area contributed by atoms with Crippen LogP contribution in [-0.2, 0) is 0 Å². The SMILES string of the molecule is CC(N)C1CCCN(C(=O)c2ccc(-c3ncon3)cc2)C1. The number of nitrogens with two attached hydrogens (primary N) is 1. The fraction of sp³-hybridized carbons (Fsp3) is 0.438. The molecular weight excluding hydrogens is 280 g/mol. The van der Waals surface area contributed by atoms with Gasteiger partial charge in [-0.15, -0.1) is 0 Å². The van der Waals surface area contributed by atoms with Crippen molar-refractivity contribution in [3.05, 3.63) is 36.2 Å². The van der Waals surface area contributed by atoms with Crippen molar-refractivity contribution in [3.8, 4) is 11.4 Å². The van der Waals surface area contributed by atoms with Crippen LogP contribution in [0.2, 0.25) is 0 Å². The summed E-state index contributed by atoms with van der Waals surface area (Å²) in [7, 11) is 0. The first-order valence-electron chi connectivity index (χ1n) is 7.57. The monoisotopic (exact) mass is 300 g/mol. The van der Waals surface area contributed by atoms with Gasteiger partial charge in [0.25, 0.3) is 5.91 Å². The summed E-state index contributed by atoms with van der Waals surface area (Å²) in [6, 6.07) is 7.42. The Morgan fingerprint density at radius 1 is 1.41 bits per heavy atom. The molecule has 1 aliphatic heterocycles. The van der Waals surface area contributed by atoms with Crippen molar-refractivity contribution in [3.63, 3.8) is 0 Å². The summed E-state index contributed by atoms with van der Waals surface area (Å²) in [6.45, 7) is 3.55. The molecule has 2 N–H and O–H groups in total. The Balaban J connectivity index is 1.72. The van der Waals surface area contributed by atoms with E-state index in [0.29, 0.717) is 17.3 Å². The van der Waals surface area contributed by atoms with Gasteiger partial charge in [0.1, 0.15) is 0 Å². The molecule has 1 aromatic heterocycles. The molecule has 0 bridgehead atoms. The third-order valence-electron chi connectivity index (χ3n) is 4.24. The third kappa shape index (κ3) is 3.01. The number of rotatable bonds is 3. The minimum atomic E-state index is 0.0602. The van der Waals surface area contributed by atoms with E-state index in [4.69, 9.17) is 10.3 Å². The highest BCUT2D eigenvalue weighted by atomic mass is 16.5. The second-order valence-electron chi connectivity index (χ2n) is 5.84. The number of likely N-dealkylation sites (tertiary alicyclic amines) is 1. The van der Waals surface area contributed by atoms with Crippen LogP contribution in [0.15, 0.2) is 35.2 Å². The van der Waals surface area contributed by atoms with Gasteiger partial charge in [-0.3, -0.25) is 4.79 Å². The Hall–Kier alpha value is -2.21. The number of benzene rings is 1. The predicted molar refractivity (Wildman–Crippen MR) is 82.0 cm³/mol. The van der Waals surface area contributed by atoms with E-state index in [2.05, 4.69) is 10.1 Å². The summed E-state index contributed by atoms with van der Waals surface area (Å²) in [6.07, 6.45) is 3.40. The van der Waals surface area contributed by atoms with Crippen LogP contribution in [0.1, 0.15) is 30.1 Å². The van der Waals surface area contributed by atoms with Crippen molar-refractivity contribution in [2.75, 3.05) is 13.1 Å². The van der Waals surface area contributed by atoms with Gasteiger partial charge >= 0.3 is 0 Å². The smallest absolute Gasteiger partial charge is 0.253 e. The molecule has 0 spiro atoms. The zero-order chi connectivity index (χ0) is 15.5. The molecule has 1 amide bonds. The molecule has 22 heavy (non-hydrogen) atoms. The number of piperidine rings is 1. The molecule has 0 saturated carbocycles. The van der Waals surface area contributed by atoms with E-state index in [0.717, 1.165) is 31.5 Å². The molecular formula is C16H20N4O2. The van der Waals surface area contributed by atoms with Crippen LogP contribution in [-0.4, -0.2) is 40.1 Å². The summed E-state index contributed by atoms with van der Waals surface area (Å²) >= 11 is 0. The molecule has 2 unspecified atom stereocenters. The zero-order valence-corrected chi connectivity index (χ0v) is 12.6. The lowest BCUT2D eigenvalue weighted by Gasteiger charge is -2.34. The summed E-state index contributed by atoms with van der Waals surface area (Å²) in [4.78, 5) is 18.5. The zero-order valence-electron chi connectivity index (χ0n) is 12.6. The van der Waals surface area contributed by atoms with Gasteiger partial charge in [-0.25, -0.2) is 0 Å². The molecule has 1 fully saturated rings.